The van der Waals surface area contributed by atoms with Crippen LogP contribution in [0.25, 0.3) is 33.4 Å². The van der Waals surface area contributed by atoms with E-state index in [9.17, 15) is 4.79 Å². The van der Waals surface area contributed by atoms with Crippen LogP contribution in [0.5, 0.6) is 5.75 Å². The van der Waals surface area contributed by atoms with Gasteiger partial charge in [-0.15, -0.1) is 0 Å². The molecule has 0 spiro atoms. The molecule has 0 atom stereocenters. The van der Waals surface area contributed by atoms with E-state index in [1.54, 1.807) is 12.1 Å². The van der Waals surface area contributed by atoms with Crippen molar-refractivity contribution in [3.05, 3.63) is 154 Å². The second-order valence-corrected chi connectivity index (χ2v) is 9.56. The molecular formula is C35H27NO3. The summed E-state index contributed by atoms with van der Waals surface area (Å²) in [5, 5.41) is 0.523. The van der Waals surface area contributed by atoms with E-state index < -0.39 is 0 Å². The quantitative estimate of drug-likeness (QED) is 0.219. The van der Waals surface area contributed by atoms with Gasteiger partial charge in [0, 0.05) is 35.0 Å². The van der Waals surface area contributed by atoms with Gasteiger partial charge in [-0.3, -0.25) is 9.78 Å². The van der Waals surface area contributed by atoms with Crippen LogP contribution in [-0.4, -0.2) is 4.98 Å². The minimum absolute atomic E-state index is 0.0590. The molecule has 0 saturated heterocycles. The topological polar surface area (TPSA) is 52.3 Å². The number of fused-ring (bicyclic) bond motifs is 1. The van der Waals surface area contributed by atoms with Gasteiger partial charge in [-0.25, -0.2) is 0 Å². The molecule has 0 fully saturated rings. The van der Waals surface area contributed by atoms with E-state index in [0.717, 1.165) is 33.6 Å². The van der Waals surface area contributed by atoms with Gasteiger partial charge in [0.05, 0.1) is 5.39 Å². The van der Waals surface area contributed by atoms with Crippen LogP contribution >= 0.6 is 0 Å². The predicted octanol–water partition coefficient (Wildman–Crippen LogP) is 8.00. The molecule has 6 rings (SSSR count). The number of ether oxygens (including phenoxy) is 1. The Balaban J connectivity index is 1.43. The molecule has 0 aliphatic rings. The van der Waals surface area contributed by atoms with Crippen LogP contribution in [0.2, 0.25) is 0 Å². The van der Waals surface area contributed by atoms with Crippen molar-refractivity contribution in [1.82, 2.24) is 4.98 Å². The van der Waals surface area contributed by atoms with E-state index in [0.29, 0.717) is 41.1 Å². The van der Waals surface area contributed by atoms with Crippen LogP contribution in [0, 0.1) is 6.92 Å². The SMILES string of the molecule is Cc1cccc(Cc2c(-c3ccc(-c4ccccc4)cc3)oc3cc(OCc4ccccc4)ccc3c2=O)n1. The smallest absolute Gasteiger partial charge is 0.196 e. The van der Waals surface area contributed by atoms with Gasteiger partial charge < -0.3 is 9.15 Å². The molecule has 39 heavy (non-hydrogen) atoms. The minimum Gasteiger partial charge on any atom is -0.489 e. The second-order valence-electron chi connectivity index (χ2n) is 9.56. The number of aryl methyl sites for hydroxylation is 1. The molecule has 0 saturated carbocycles. The monoisotopic (exact) mass is 509 g/mol. The van der Waals surface area contributed by atoms with E-state index in [-0.39, 0.29) is 5.43 Å². The average Bonchev–Trinajstić information content (AvgIpc) is 2.98. The number of pyridine rings is 1. The highest BCUT2D eigenvalue weighted by Gasteiger charge is 2.18. The summed E-state index contributed by atoms with van der Waals surface area (Å²) in [7, 11) is 0. The summed E-state index contributed by atoms with van der Waals surface area (Å²) in [5.74, 6) is 1.20. The summed E-state index contributed by atoms with van der Waals surface area (Å²) >= 11 is 0. The Hall–Kier alpha value is -4.96. The predicted molar refractivity (Wildman–Crippen MR) is 156 cm³/mol. The molecule has 4 nitrogen and oxygen atoms in total. The number of nitrogens with zero attached hydrogens (tertiary/aromatic N) is 1. The molecule has 0 bridgehead atoms. The number of hydrogen-bond donors (Lipinski definition) is 0. The summed E-state index contributed by atoms with van der Waals surface area (Å²) in [6, 6.07) is 39.6. The van der Waals surface area contributed by atoms with Crippen molar-refractivity contribution in [1.29, 1.82) is 0 Å². The van der Waals surface area contributed by atoms with Gasteiger partial charge in [-0.2, -0.15) is 0 Å². The fourth-order valence-corrected chi connectivity index (χ4v) is 4.76. The van der Waals surface area contributed by atoms with Crippen LogP contribution in [0.4, 0.5) is 0 Å². The van der Waals surface area contributed by atoms with Crippen molar-refractivity contribution in [2.24, 2.45) is 0 Å². The molecule has 2 aromatic heterocycles. The summed E-state index contributed by atoms with van der Waals surface area (Å²) in [4.78, 5) is 18.5. The van der Waals surface area contributed by atoms with Crippen LogP contribution in [0.3, 0.4) is 0 Å². The van der Waals surface area contributed by atoms with Crippen LogP contribution in [0.1, 0.15) is 22.5 Å². The molecule has 0 aliphatic carbocycles. The third-order valence-electron chi connectivity index (χ3n) is 6.76. The third-order valence-corrected chi connectivity index (χ3v) is 6.76. The van der Waals surface area contributed by atoms with E-state index in [2.05, 4.69) is 29.2 Å². The maximum absolute atomic E-state index is 13.9. The Bertz CT molecular complexity index is 1790. The standard InChI is InChI=1S/C35H27NO3/c1-24-9-8-14-29(36-24)21-32-34(37)31-20-19-30(38-23-25-10-4-2-5-11-25)22-33(31)39-35(32)28-17-15-27(16-18-28)26-12-6-3-7-13-26/h2-20,22H,21,23H2,1H3. The molecule has 0 N–H and O–H groups in total. The van der Waals surface area contributed by atoms with Crippen LogP contribution in [0.15, 0.2) is 131 Å². The number of rotatable bonds is 7. The first-order valence-corrected chi connectivity index (χ1v) is 13.0. The van der Waals surface area contributed by atoms with Crippen molar-refractivity contribution in [2.45, 2.75) is 20.0 Å². The molecular weight excluding hydrogens is 482 g/mol. The van der Waals surface area contributed by atoms with E-state index in [4.69, 9.17) is 9.15 Å². The number of aromatic nitrogens is 1. The maximum atomic E-state index is 13.9. The molecule has 0 radical (unpaired) electrons. The van der Waals surface area contributed by atoms with E-state index >= 15 is 0 Å². The molecule has 0 unspecified atom stereocenters. The lowest BCUT2D eigenvalue weighted by molar-refractivity contribution is 0.306. The minimum atomic E-state index is -0.0590. The zero-order valence-corrected chi connectivity index (χ0v) is 21.6. The Labute approximate surface area is 227 Å². The third kappa shape index (κ3) is 5.36. The van der Waals surface area contributed by atoms with Crippen molar-refractivity contribution >= 4 is 11.0 Å². The zero-order valence-electron chi connectivity index (χ0n) is 21.6. The summed E-state index contributed by atoms with van der Waals surface area (Å²) < 4.78 is 12.5. The first-order chi connectivity index (χ1) is 19.1. The Kier molecular flexibility index (Phi) is 6.75. The first kappa shape index (κ1) is 24.4. The Morgan fingerprint density at radius 3 is 2.15 bits per heavy atom. The van der Waals surface area contributed by atoms with Gasteiger partial charge in [0.1, 0.15) is 23.7 Å². The maximum Gasteiger partial charge on any atom is 0.196 e. The molecule has 190 valence electrons. The largest absolute Gasteiger partial charge is 0.489 e. The molecule has 6 aromatic rings. The highest BCUT2D eigenvalue weighted by Crippen LogP contribution is 2.31. The lowest BCUT2D eigenvalue weighted by Gasteiger charge is -2.13. The van der Waals surface area contributed by atoms with Gasteiger partial charge in [0.2, 0.25) is 0 Å². The second kappa shape index (κ2) is 10.8. The Morgan fingerprint density at radius 1 is 0.718 bits per heavy atom. The highest BCUT2D eigenvalue weighted by atomic mass is 16.5. The van der Waals surface area contributed by atoms with Crippen molar-refractivity contribution in [3.8, 4) is 28.2 Å². The van der Waals surface area contributed by atoms with Crippen LogP contribution in [-0.2, 0) is 13.0 Å². The van der Waals surface area contributed by atoms with Gasteiger partial charge in [0.25, 0.3) is 0 Å². The van der Waals surface area contributed by atoms with Crippen molar-refractivity contribution in [2.75, 3.05) is 0 Å². The lowest BCUT2D eigenvalue weighted by Crippen LogP contribution is -2.13. The molecule has 0 amide bonds. The molecule has 2 heterocycles. The van der Waals surface area contributed by atoms with Gasteiger partial charge in [-0.05, 0) is 47.9 Å². The molecule has 4 aromatic carbocycles. The number of hydrogen-bond acceptors (Lipinski definition) is 4. The first-order valence-electron chi connectivity index (χ1n) is 13.0. The van der Waals surface area contributed by atoms with Gasteiger partial charge in [-0.1, -0.05) is 91.0 Å². The molecule has 0 aliphatic heterocycles. The van der Waals surface area contributed by atoms with Crippen LogP contribution < -0.4 is 10.2 Å². The Morgan fingerprint density at radius 2 is 1.41 bits per heavy atom. The normalized spacial score (nSPS) is 11.0. The average molecular weight is 510 g/mol. The van der Waals surface area contributed by atoms with Crippen molar-refractivity contribution in [3.63, 3.8) is 0 Å². The summed E-state index contributed by atoms with van der Waals surface area (Å²) in [6.45, 7) is 2.38. The van der Waals surface area contributed by atoms with E-state index in [1.165, 1.54) is 0 Å². The fraction of sp³-hybridized carbons (Fsp3) is 0.0857. The highest BCUT2D eigenvalue weighted by molar-refractivity contribution is 5.82. The van der Waals surface area contributed by atoms with Crippen molar-refractivity contribution < 1.29 is 9.15 Å². The fourth-order valence-electron chi connectivity index (χ4n) is 4.76. The molecule has 4 heteroatoms. The van der Waals surface area contributed by atoms with Gasteiger partial charge in [0.15, 0.2) is 5.43 Å². The van der Waals surface area contributed by atoms with Gasteiger partial charge >= 0.3 is 0 Å². The summed E-state index contributed by atoms with van der Waals surface area (Å²) in [6.07, 6.45) is 0.377. The lowest BCUT2D eigenvalue weighted by atomic mass is 9.98. The number of benzene rings is 4. The van der Waals surface area contributed by atoms with E-state index in [1.807, 2.05) is 91.9 Å². The zero-order chi connectivity index (χ0) is 26.6. The summed E-state index contributed by atoms with van der Waals surface area (Å²) in [5.41, 5.74) is 6.90.